The lowest BCUT2D eigenvalue weighted by Crippen LogP contribution is -1.96. The maximum absolute atomic E-state index is 2.53. The molecule has 0 bridgehead atoms. The summed E-state index contributed by atoms with van der Waals surface area (Å²) in [7, 11) is 0. The summed E-state index contributed by atoms with van der Waals surface area (Å²) in [5, 5.41) is 5.45. The van der Waals surface area contributed by atoms with E-state index in [4.69, 9.17) is 0 Å². The molecule has 0 saturated carbocycles. The van der Waals surface area contributed by atoms with Gasteiger partial charge in [0.15, 0.2) is 0 Å². The Bertz CT molecular complexity index is 1410. The molecular formula is C30H22S2. The van der Waals surface area contributed by atoms with Crippen molar-refractivity contribution in [1.29, 1.82) is 0 Å². The Morgan fingerprint density at radius 1 is 0.438 bits per heavy atom. The molecule has 7 rings (SSSR count). The molecule has 5 aromatic carbocycles. The van der Waals surface area contributed by atoms with Gasteiger partial charge in [0.25, 0.3) is 0 Å². The molecule has 2 heterocycles. The lowest BCUT2D eigenvalue weighted by Gasteiger charge is -2.18. The first-order chi connectivity index (χ1) is 15.9. The van der Waals surface area contributed by atoms with E-state index in [1.165, 1.54) is 66.1 Å². The third-order valence-electron chi connectivity index (χ3n) is 6.93. The second-order valence-corrected chi connectivity index (χ2v) is 10.8. The van der Waals surface area contributed by atoms with E-state index < -0.39 is 0 Å². The van der Waals surface area contributed by atoms with Crippen molar-refractivity contribution < 1.29 is 0 Å². The van der Waals surface area contributed by atoms with E-state index in [1.807, 2.05) is 23.5 Å². The SMILES string of the molecule is c1ccc2c3c(ccc2c1)CSCc1cc2c(cc1-3)CSCc1ccc3ccccc3c1-2. The lowest BCUT2D eigenvalue weighted by atomic mass is 9.85. The van der Waals surface area contributed by atoms with Crippen LogP contribution in [0.4, 0.5) is 0 Å². The number of benzene rings is 5. The maximum Gasteiger partial charge on any atom is 0.0194 e. The third-order valence-corrected chi connectivity index (χ3v) is 8.99. The summed E-state index contributed by atoms with van der Waals surface area (Å²) in [6.45, 7) is 0. The number of hydrogen-bond donors (Lipinski definition) is 0. The fraction of sp³-hybridized carbons (Fsp3) is 0.133. The van der Waals surface area contributed by atoms with Crippen molar-refractivity contribution in [2.45, 2.75) is 23.0 Å². The van der Waals surface area contributed by atoms with Gasteiger partial charge in [-0.2, -0.15) is 23.5 Å². The quantitative estimate of drug-likeness (QED) is 0.233. The van der Waals surface area contributed by atoms with Gasteiger partial charge in [-0.15, -0.1) is 0 Å². The van der Waals surface area contributed by atoms with Crippen LogP contribution in [0.5, 0.6) is 0 Å². The fourth-order valence-corrected chi connectivity index (χ4v) is 7.49. The van der Waals surface area contributed by atoms with Crippen molar-refractivity contribution in [2.24, 2.45) is 0 Å². The van der Waals surface area contributed by atoms with Crippen LogP contribution in [0.25, 0.3) is 43.8 Å². The van der Waals surface area contributed by atoms with Crippen molar-refractivity contribution in [3.63, 3.8) is 0 Å². The molecule has 0 aliphatic carbocycles. The van der Waals surface area contributed by atoms with Crippen molar-refractivity contribution in [2.75, 3.05) is 0 Å². The van der Waals surface area contributed by atoms with Gasteiger partial charge in [-0.25, -0.2) is 0 Å². The fourth-order valence-electron chi connectivity index (χ4n) is 5.45. The summed E-state index contributed by atoms with van der Waals surface area (Å²) in [4.78, 5) is 0. The molecule has 0 saturated heterocycles. The van der Waals surface area contributed by atoms with Gasteiger partial charge in [-0.1, -0.05) is 72.8 Å². The Labute approximate surface area is 197 Å². The minimum atomic E-state index is 1.07. The molecule has 32 heavy (non-hydrogen) atoms. The topological polar surface area (TPSA) is 0 Å². The Hall–Kier alpha value is -2.68. The van der Waals surface area contributed by atoms with Crippen molar-refractivity contribution in [3.05, 3.63) is 107 Å². The van der Waals surface area contributed by atoms with E-state index in [0.29, 0.717) is 0 Å². The highest BCUT2D eigenvalue weighted by molar-refractivity contribution is 7.98. The second-order valence-electron chi connectivity index (χ2n) is 8.79. The Balaban J connectivity index is 1.55. The second kappa shape index (κ2) is 7.43. The van der Waals surface area contributed by atoms with Crippen molar-refractivity contribution in [1.82, 2.24) is 0 Å². The molecule has 0 fully saturated rings. The van der Waals surface area contributed by atoms with Crippen LogP contribution in [-0.4, -0.2) is 0 Å². The minimum Gasteiger partial charge on any atom is -0.152 e. The van der Waals surface area contributed by atoms with Crippen LogP contribution >= 0.6 is 23.5 Å². The molecule has 2 aliphatic rings. The summed E-state index contributed by atoms with van der Waals surface area (Å²) in [5.41, 5.74) is 11.7. The highest BCUT2D eigenvalue weighted by Gasteiger charge is 2.23. The van der Waals surface area contributed by atoms with Crippen LogP contribution in [0.1, 0.15) is 22.3 Å². The maximum atomic E-state index is 2.53. The molecule has 0 spiro atoms. The first kappa shape index (κ1) is 18.8. The highest BCUT2D eigenvalue weighted by atomic mass is 32.2. The number of hydrogen-bond acceptors (Lipinski definition) is 2. The Kier molecular flexibility index (Phi) is 4.38. The average Bonchev–Trinajstić information content (AvgIpc) is 3.14. The summed E-state index contributed by atoms with van der Waals surface area (Å²) < 4.78 is 0. The lowest BCUT2D eigenvalue weighted by molar-refractivity contribution is 1.36. The molecule has 2 heteroatoms. The third kappa shape index (κ3) is 2.86. The summed E-state index contributed by atoms with van der Waals surface area (Å²) in [5.74, 6) is 4.29. The van der Waals surface area contributed by atoms with E-state index in [-0.39, 0.29) is 0 Å². The standard InChI is InChI=1S/C30H22S2/c1-3-7-25-19(5-1)9-11-21-15-31-17-23-14-28-24(13-27(23)29(21)25)18-32-16-22-12-10-20-6-2-4-8-26(20)30(22)28/h1-14H,15-18H2. The van der Waals surface area contributed by atoms with E-state index >= 15 is 0 Å². The van der Waals surface area contributed by atoms with Crippen molar-refractivity contribution in [3.8, 4) is 22.3 Å². The molecule has 154 valence electrons. The van der Waals surface area contributed by atoms with Gasteiger partial charge in [0, 0.05) is 23.0 Å². The predicted molar refractivity (Wildman–Crippen MR) is 142 cm³/mol. The van der Waals surface area contributed by atoms with E-state index in [1.54, 1.807) is 0 Å². The van der Waals surface area contributed by atoms with E-state index in [0.717, 1.165) is 23.0 Å². The van der Waals surface area contributed by atoms with Crippen LogP contribution in [0.2, 0.25) is 0 Å². The first-order valence-electron chi connectivity index (χ1n) is 11.2. The molecule has 0 atom stereocenters. The molecule has 0 N–H and O–H groups in total. The van der Waals surface area contributed by atoms with Gasteiger partial charge in [0.05, 0.1) is 0 Å². The Morgan fingerprint density at radius 2 is 0.875 bits per heavy atom. The van der Waals surface area contributed by atoms with Crippen LogP contribution in [0.3, 0.4) is 0 Å². The van der Waals surface area contributed by atoms with Crippen LogP contribution < -0.4 is 0 Å². The molecule has 5 aromatic rings. The van der Waals surface area contributed by atoms with Gasteiger partial charge in [-0.3, -0.25) is 0 Å². The first-order valence-corrected chi connectivity index (χ1v) is 13.5. The monoisotopic (exact) mass is 446 g/mol. The zero-order valence-electron chi connectivity index (χ0n) is 17.7. The molecule has 0 aromatic heterocycles. The van der Waals surface area contributed by atoms with Gasteiger partial charge in [-0.05, 0) is 78.2 Å². The zero-order chi connectivity index (χ0) is 21.1. The van der Waals surface area contributed by atoms with Crippen LogP contribution in [0, 0.1) is 0 Å². The largest absolute Gasteiger partial charge is 0.152 e. The summed E-state index contributed by atoms with van der Waals surface area (Å²) >= 11 is 4.09. The predicted octanol–water partition coefficient (Wildman–Crippen LogP) is 8.82. The molecule has 0 radical (unpaired) electrons. The van der Waals surface area contributed by atoms with Crippen LogP contribution in [-0.2, 0) is 23.0 Å². The molecule has 0 unspecified atom stereocenters. The molecular weight excluding hydrogens is 424 g/mol. The molecule has 2 aliphatic heterocycles. The van der Waals surface area contributed by atoms with Gasteiger partial charge in [0.1, 0.15) is 0 Å². The summed E-state index contributed by atoms with van der Waals surface area (Å²) in [6, 6.07) is 32.1. The van der Waals surface area contributed by atoms with Crippen LogP contribution in [0.15, 0.2) is 84.9 Å². The number of rotatable bonds is 0. The van der Waals surface area contributed by atoms with E-state index in [2.05, 4.69) is 84.9 Å². The highest BCUT2D eigenvalue weighted by Crippen LogP contribution is 2.46. The smallest absolute Gasteiger partial charge is 0.0194 e. The van der Waals surface area contributed by atoms with Gasteiger partial charge < -0.3 is 0 Å². The summed E-state index contributed by atoms with van der Waals surface area (Å²) in [6.07, 6.45) is 0. The average molecular weight is 447 g/mol. The normalized spacial score (nSPS) is 14.8. The minimum absolute atomic E-state index is 1.07. The van der Waals surface area contributed by atoms with Crippen molar-refractivity contribution >= 4 is 45.1 Å². The van der Waals surface area contributed by atoms with Gasteiger partial charge in [0.2, 0.25) is 0 Å². The number of thioether (sulfide) groups is 2. The zero-order valence-corrected chi connectivity index (χ0v) is 19.4. The van der Waals surface area contributed by atoms with Gasteiger partial charge >= 0.3 is 0 Å². The molecule has 0 amide bonds. The number of fused-ring (bicyclic) bond motifs is 10. The van der Waals surface area contributed by atoms with E-state index in [9.17, 15) is 0 Å². The molecule has 0 nitrogen and oxygen atoms in total. The Morgan fingerprint density at radius 3 is 1.38 bits per heavy atom.